The summed E-state index contributed by atoms with van der Waals surface area (Å²) < 4.78 is 0. The molecule has 0 atom stereocenters. The van der Waals surface area contributed by atoms with E-state index >= 15 is 0 Å². The van der Waals surface area contributed by atoms with E-state index in [4.69, 9.17) is 5.26 Å². The van der Waals surface area contributed by atoms with Gasteiger partial charge in [-0.2, -0.15) is 5.26 Å². The van der Waals surface area contributed by atoms with Gasteiger partial charge in [0.1, 0.15) is 18.0 Å². The Balaban J connectivity index is 1.98. The Morgan fingerprint density at radius 3 is 2.84 bits per heavy atom. The number of anilines is 2. The molecule has 2 rings (SSSR count). The van der Waals surface area contributed by atoms with Crippen molar-refractivity contribution >= 4 is 11.6 Å². The Hall–Kier alpha value is -2.68. The molecule has 2 heterocycles. The minimum Gasteiger partial charge on any atom is -0.359 e. The molecule has 2 aromatic rings. The van der Waals surface area contributed by atoms with Gasteiger partial charge >= 0.3 is 0 Å². The summed E-state index contributed by atoms with van der Waals surface area (Å²) >= 11 is 0. The third-order valence-electron chi connectivity index (χ3n) is 2.71. The minimum atomic E-state index is 0.503. The zero-order valence-electron chi connectivity index (χ0n) is 10.6. The van der Waals surface area contributed by atoms with Gasteiger partial charge in [-0.1, -0.05) is 0 Å². The lowest BCUT2D eigenvalue weighted by molar-refractivity contribution is 0.855. The van der Waals surface area contributed by atoms with Crippen LogP contribution in [-0.4, -0.2) is 28.5 Å². The number of nitrogens with zero attached hydrogens (tertiary/aromatic N) is 5. The number of hydrogen-bond donors (Lipinski definition) is 1. The molecule has 6 heteroatoms. The molecule has 0 radical (unpaired) electrons. The molecule has 6 nitrogen and oxygen atoms in total. The molecule has 96 valence electrons. The van der Waals surface area contributed by atoms with Crippen molar-refractivity contribution in [2.45, 2.75) is 6.42 Å². The van der Waals surface area contributed by atoms with Crippen molar-refractivity contribution < 1.29 is 0 Å². The van der Waals surface area contributed by atoms with Gasteiger partial charge in [-0.15, -0.1) is 0 Å². The van der Waals surface area contributed by atoms with Gasteiger partial charge in [0.2, 0.25) is 0 Å². The van der Waals surface area contributed by atoms with Crippen molar-refractivity contribution in [1.82, 2.24) is 15.0 Å². The van der Waals surface area contributed by atoms with Gasteiger partial charge < -0.3 is 4.90 Å². The van der Waals surface area contributed by atoms with E-state index < -0.39 is 0 Å². The summed E-state index contributed by atoms with van der Waals surface area (Å²) in [6, 6.07) is 5.74. The Bertz CT molecular complexity index is 563. The number of likely N-dealkylation sites (N-methyl/N-ethyl adjacent to an activating group) is 1. The molecular weight excluding hydrogens is 240 g/mol. The Labute approximate surface area is 111 Å². The first-order valence-electron chi connectivity index (χ1n) is 5.87. The zero-order chi connectivity index (χ0) is 13.5. The fourth-order valence-corrected chi connectivity index (χ4v) is 1.64. The van der Waals surface area contributed by atoms with Gasteiger partial charge in [0.25, 0.3) is 0 Å². The van der Waals surface area contributed by atoms with Crippen LogP contribution in [0.3, 0.4) is 0 Å². The van der Waals surface area contributed by atoms with Crippen molar-refractivity contribution in [3.63, 3.8) is 0 Å². The molecule has 0 unspecified atom stereocenters. The first kappa shape index (κ1) is 12.8. The lowest BCUT2D eigenvalue weighted by atomic mass is 10.2. The van der Waals surface area contributed by atoms with Gasteiger partial charge in [0.15, 0.2) is 6.19 Å². The van der Waals surface area contributed by atoms with E-state index in [9.17, 15) is 0 Å². The Kier molecular flexibility index (Phi) is 4.24. The monoisotopic (exact) mass is 254 g/mol. The highest BCUT2D eigenvalue weighted by Gasteiger charge is 2.04. The standard InChI is InChI=1S/C13H14N6/c1-19(7-4-11-2-5-15-6-3-11)13-8-12(16-9-14)17-10-18-13/h2-3,5-6,8,10H,4,7H2,1H3,(H,16,17,18). The largest absolute Gasteiger partial charge is 0.359 e. The molecule has 1 N–H and O–H groups in total. The highest BCUT2D eigenvalue weighted by atomic mass is 15.2. The van der Waals surface area contributed by atoms with Gasteiger partial charge in [0.05, 0.1) is 0 Å². The van der Waals surface area contributed by atoms with Crippen molar-refractivity contribution in [3.8, 4) is 6.19 Å². The highest BCUT2D eigenvalue weighted by molar-refractivity contribution is 5.49. The predicted octanol–water partition coefficient (Wildman–Crippen LogP) is 1.44. The summed E-state index contributed by atoms with van der Waals surface area (Å²) in [5.74, 6) is 1.28. The van der Waals surface area contributed by atoms with Crippen LogP contribution in [0.25, 0.3) is 0 Å². The first-order valence-corrected chi connectivity index (χ1v) is 5.87. The number of nitriles is 1. The topological polar surface area (TPSA) is 77.7 Å². The molecule has 0 bridgehead atoms. The van der Waals surface area contributed by atoms with E-state index in [1.54, 1.807) is 18.5 Å². The lowest BCUT2D eigenvalue weighted by Gasteiger charge is -2.18. The molecule has 0 aliphatic heterocycles. The van der Waals surface area contributed by atoms with Crippen molar-refractivity contribution in [1.29, 1.82) is 5.26 Å². The maximum atomic E-state index is 8.56. The smallest absolute Gasteiger partial charge is 0.182 e. The van der Waals surface area contributed by atoms with Crippen LogP contribution >= 0.6 is 0 Å². The van der Waals surface area contributed by atoms with E-state index in [0.717, 1.165) is 18.8 Å². The maximum Gasteiger partial charge on any atom is 0.182 e. The third kappa shape index (κ3) is 3.64. The van der Waals surface area contributed by atoms with Gasteiger partial charge in [0, 0.05) is 32.1 Å². The van der Waals surface area contributed by atoms with Crippen LogP contribution in [0.2, 0.25) is 0 Å². The molecule has 0 spiro atoms. The lowest BCUT2D eigenvalue weighted by Crippen LogP contribution is -2.21. The molecule has 2 aromatic heterocycles. The van der Waals surface area contributed by atoms with E-state index in [-0.39, 0.29) is 0 Å². The molecular formula is C13H14N6. The van der Waals surface area contributed by atoms with Crippen LogP contribution in [0.1, 0.15) is 5.56 Å². The van der Waals surface area contributed by atoms with Crippen LogP contribution in [0.5, 0.6) is 0 Å². The summed E-state index contributed by atoms with van der Waals surface area (Å²) in [5, 5.41) is 11.1. The number of hydrogen-bond acceptors (Lipinski definition) is 6. The molecule has 0 amide bonds. The van der Waals surface area contributed by atoms with Crippen molar-refractivity contribution in [2.75, 3.05) is 23.8 Å². The molecule has 0 aliphatic rings. The quantitative estimate of drug-likeness (QED) is 0.642. The van der Waals surface area contributed by atoms with Crippen molar-refractivity contribution in [3.05, 3.63) is 42.5 Å². The first-order chi connectivity index (χ1) is 9.29. The SMILES string of the molecule is CN(CCc1ccncc1)c1cc(NC#N)ncn1. The van der Waals surface area contributed by atoms with Crippen LogP contribution in [0.4, 0.5) is 11.6 Å². The number of nitrogens with one attached hydrogen (secondary N) is 1. The zero-order valence-corrected chi connectivity index (χ0v) is 10.6. The number of aromatic nitrogens is 3. The van der Waals surface area contributed by atoms with E-state index in [2.05, 4.69) is 20.3 Å². The normalized spacial score (nSPS) is 9.68. The fourth-order valence-electron chi connectivity index (χ4n) is 1.64. The van der Waals surface area contributed by atoms with E-state index in [1.807, 2.05) is 30.3 Å². The fraction of sp³-hybridized carbons (Fsp3) is 0.231. The van der Waals surface area contributed by atoms with Gasteiger partial charge in [-0.25, -0.2) is 9.97 Å². The molecule has 0 fully saturated rings. The number of pyridine rings is 1. The minimum absolute atomic E-state index is 0.503. The summed E-state index contributed by atoms with van der Waals surface area (Å²) in [6.07, 6.45) is 7.76. The third-order valence-corrected chi connectivity index (χ3v) is 2.71. The Morgan fingerprint density at radius 2 is 2.11 bits per heavy atom. The molecule has 0 saturated heterocycles. The van der Waals surface area contributed by atoms with Crippen molar-refractivity contribution in [2.24, 2.45) is 0 Å². The Morgan fingerprint density at radius 1 is 1.32 bits per heavy atom. The summed E-state index contributed by atoms with van der Waals surface area (Å²) in [6.45, 7) is 0.826. The van der Waals surface area contributed by atoms with Gasteiger partial charge in [-0.3, -0.25) is 10.3 Å². The van der Waals surface area contributed by atoms with E-state index in [0.29, 0.717) is 5.82 Å². The summed E-state index contributed by atoms with van der Waals surface area (Å²) in [4.78, 5) is 14.1. The molecule has 0 saturated carbocycles. The molecule has 0 aliphatic carbocycles. The summed E-state index contributed by atoms with van der Waals surface area (Å²) in [5.41, 5.74) is 1.23. The summed E-state index contributed by atoms with van der Waals surface area (Å²) in [7, 11) is 1.96. The van der Waals surface area contributed by atoms with Crippen LogP contribution < -0.4 is 10.2 Å². The van der Waals surface area contributed by atoms with E-state index in [1.165, 1.54) is 11.9 Å². The second kappa shape index (κ2) is 6.31. The second-order valence-corrected chi connectivity index (χ2v) is 4.03. The molecule has 19 heavy (non-hydrogen) atoms. The highest BCUT2D eigenvalue weighted by Crippen LogP contribution is 2.12. The average molecular weight is 254 g/mol. The second-order valence-electron chi connectivity index (χ2n) is 4.03. The van der Waals surface area contributed by atoms with Crippen LogP contribution in [-0.2, 0) is 6.42 Å². The van der Waals surface area contributed by atoms with Crippen LogP contribution in [0, 0.1) is 11.5 Å². The average Bonchev–Trinajstić information content (AvgIpc) is 2.46. The number of rotatable bonds is 5. The molecule has 0 aromatic carbocycles. The maximum absolute atomic E-state index is 8.56. The van der Waals surface area contributed by atoms with Crippen LogP contribution in [0.15, 0.2) is 36.9 Å². The predicted molar refractivity (Wildman–Crippen MR) is 72.5 cm³/mol. The van der Waals surface area contributed by atoms with Gasteiger partial charge in [-0.05, 0) is 24.1 Å².